The third kappa shape index (κ3) is 2.56. The van der Waals surface area contributed by atoms with Crippen LogP contribution in [-0.2, 0) is 4.79 Å². The fourth-order valence-corrected chi connectivity index (χ4v) is 2.15. The largest absolute Gasteiger partial charge is 0.482 e. The summed E-state index contributed by atoms with van der Waals surface area (Å²) < 4.78 is 5.35. The highest BCUT2D eigenvalue weighted by atomic mass is 16.5. The van der Waals surface area contributed by atoms with Crippen molar-refractivity contribution < 1.29 is 9.53 Å². The van der Waals surface area contributed by atoms with Crippen LogP contribution < -0.4 is 15.4 Å². The number of hydrogen-bond acceptors (Lipinski definition) is 4. The van der Waals surface area contributed by atoms with Crippen molar-refractivity contribution in [1.29, 1.82) is 0 Å². The summed E-state index contributed by atoms with van der Waals surface area (Å²) in [6.07, 6.45) is 3.52. The highest BCUT2D eigenvalue weighted by molar-refractivity contribution is 5.95. The van der Waals surface area contributed by atoms with Crippen LogP contribution in [0, 0.1) is 0 Å². The molecule has 2 heterocycles. The van der Waals surface area contributed by atoms with Gasteiger partial charge in [0.05, 0.1) is 11.4 Å². The van der Waals surface area contributed by atoms with Crippen LogP contribution in [0.5, 0.6) is 5.75 Å². The molecule has 1 aromatic heterocycles. The quantitative estimate of drug-likeness (QED) is 0.899. The number of pyridine rings is 1. The average molecular weight is 269 g/mol. The van der Waals surface area contributed by atoms with Crippen LogP contribution >= 0.6 is 0 Å². The van der Waals surface area contributed by atoms with Crippen LogP contribution in [0.4, 0.5) is 11.4 Å². The Bertz CT molecular complexity index is 628. The van der Waals surface area contributed by atoms with E-state index >= 15 is 0 Å². The number of amides is 1. The van der Waals surface area contributed by atoms with Gasteiger partial charge in [-0.3, -0.25) is 9.78 Å². The molecule has 1 unspecified atom stereocenters. The van der Waals surface area contributed by atoms with E-state index in [1.807, 2.05) is 30.3 Å². The first kappa shape index (κ1) is 12.5. The number of hydrogen-bond donors (Lipinski definition) is 2. The molecule has 3 rings (SSSR count). The lowest BCUT2D eigenvalue weighted by Gasteiger charge is -2.21. The van der Waals surface area contributed by atoms with Crippen LogP contribution in [0.2, 0.25) is 0 Å². The second-order valence-electron chi connectivity index (χ2n) is 4.70. The zero-order valence-electron chi connectivity index (χ0n) is 11.1. The SMILES string of the molecule is CC(Nc1cccnc1)c1ccc2c(c1)NC(=O)CO2. The van der Waals surface area contributed by atoms with E-state index in [0.29, 0.717) is 5.75 Å². The summed E-state index contributed by atoms with van der Waals surface area (Å²) in [6.45, 7) is 2.13. The molecule has 0 saturated heterocycles. The Morgan fingerprint density at radius 1 is 1.40 bits per heavy atom. The first-order valence-electron chi connectivity index (χ1n) is 6.45. The molecule has 0 bridgehead atoms. The number of ether oxygens (including phenoxy) is 1. The molecule has 1 aliphatic rings. The first-order valence-corrected chi connectivity index (χ1v) is 6.45. The standard InChI is InChI=1S/C15H15N3O2/c1-10(17-12-3-2-6-16-8-12)11-4-5-14-13(7-11)18-15(19)9-20-14/h2-8,10,17H,9H2,1H3,(H,18,19). The van der Waals surface area contributed by atoms with Gasteiger partial charge in [0.1, 0.15) is 5.75 Å². The Morgan fingerprint density at radius 2 is 2.30 bits per heavy atom. The molecule has 0 fully saturated rings. The molecule has 2 aromatic rings. The van der Waals surface area contributed by atoms with Gasteiger partial charge in [-0.15, -0.1) is 0 Å². The number of nitrogens with zero attached hydrogens (tertiary/aromatic N) is 1. The van der Waals surface area contributed by atoms with Crippen LogP contribution in [0.3, 0.4) is 0 Å². The molecular formula is C15H15N3O2. The number of rotatable bonds is 3. The average Bonchev–Trinajstić information content (AvgIpc) is 2.47. The van der Waals surface area contributed by atoms with Gasteiger partial charge < -0.3 is 15.4 Å². The van der Waals surface area contributed by atoms with Crippen LogP contribution in [0.15, 0.2) is 42.7 Å². The smallest absolute Gasteiger partial charge is 0.262 e. The van der Waals surface area contributed by atoms with E-state index in [-0.39, 0.29) is 18.6 Å². The van der Waals surface area contributed by atoms with Crippen LogP contribution in [0.1, 0.15) is 18.5 Å². The fraction of sp³-hybridized carbons (Fsp3) is 0.200. The van der Waals surface area contributed by atoms with Crippen molar-refractivity contribution >= 4 is 17.3 Å². The van der Waals surface area contributed by atoms with E-state index in [4.69, 9.17) is 4.74 Å². The Balaban J connectivity index is 1.80. The van der Waals surface area contributed by atoms with Gasteiger partial charge >= 0.3 is 0 Å². The Morgan fingerprint density at radius 3 is 3.10 bits per heavy atom. The summed E-state index contributed by atoms with van der Waals surface area (Å²) >= 11 is 0. The molecule has 1 atom stereocenters. The molecule has 2 N–H and O–H groups in total. The normalized spacial score (nSPS) is 14.8. The van der Waals surface area contributed by atoms with E-state index in [9.17, 15) is 4.79 Å². The predicted molar refractivity (Wildman–Crippen MR) is 76.8 cm³/mol. The number of aromatic nitrogens is 1. The second-order valence-corrected chi connectivity index (χ2v) is 4.70. The maximum Gasteiger partial charge on any atom is 0.262 e. The van der Waals surface area contributed by atoms with E-state index in [1.54, 1.807) is 12.4 Å². The summed E-state index contributed by atoms with van der Waals surface area (Å²) in [5.74, 6) is 0.587. The molecule has 5 nitrogen and oxygen atoms in total. The van der Waals surface area contributed by atoms with Crippen LogP contribution in [0.25, 0.3) is 0 Å². The summed E-state index contributed by atoms with van der Waals surface area (Å²) in [5.41, 5.74) is 2.75. The predicted octanol–water partition coefficient (Wildman–Crippen LogP) is 2.59. The minimum Gasteiger partial charge on any atom is -0.482 e. The second kappa shape index (κ2) is 5.21. The molecule has 1 aromatic carbocycles. The molecule has 0 aliphatic carbocycles. The lowest BCUT2D eigenvalue weighted by Crippen LogP contribution is -2.25. The lowest BCUT2D eigenvalue weighted by molar-refractivity contribution is -0.118. The van der Waals surface area contributed by atoms with Crippen molar-refractivity contribution in [2.45, 2.75) is 13.0 Å². The molecule has 1 amide bonds. The third-order valence-corrected chi connectivity index (χ3v) is 3.18. The van der Waals surface area contributed by atoms with Crippen molar-refractivity contribution in [2.75, 3.05) is 17.2 Å². The van der Waals surface area contributed by atoms with Gasteiger partial charge in [0.2, 0.25) is 0 Å². The van der Waals surface area contributed by atoms with Crippen molar-refractivity contribution in [3.8, 4) is 5.75 Å². The molecule has 102 valence electrons. The fourth-order valence-electron chi connectivity index (χ4n) is 2.15. The van der Waals surface area contributed by atoms with Gasteiger partial charge in [-0.05, 0) is 36.8 Å². The van der Waals surface area contributed by atoms with Gasteiger partial charge in [0.25, 0.3) is 5.91 Å². The lowest BCUT2D eigenvalue weighted by atomic mass is 10.1. The van der Waals surface area contributed by atoms with Crippen molar-refractivity contribution in [3.05, 3.63) is 48.3 Å². The number of anilines is 2. The Kier molecular flexibility index (Phi) is 3.25. The highest BCUT2D eigenvalue weighted by Crippen LogP contribution is 2.31. The highest BCUT2D eigenvalue weighted by Gasteiger charge is 2.17. The van der Waals surface area contributed by atoms with E-state index in [2.05, 4.69) is 22.5 Å². The Labute approximate surface area is 117 Å². The van der Waals surface area contributed by atoms with Crippen molar-refractivity contribution in [1.82, 2.24) is 4.98 Å². The molecular weight excluding hydrogens is 254 g/mol. The van der Waals surface area contributed by atoms with E-state index < -0.39 is 0 Å². The first-order chi connectivity index (χ1) is 9.72. The summed E-state index contributed by atoms with van der Waals surface area (Å²) in [4.78, 5) is 15.4. The minimum absolute atomic E-state index is 0.0792. The summed E-state index contributed by atoms with van der Waals surface area (Å²) in [5, 5.41) is 6.18. The number of carbonyl (C=O) groups is 1. The third-order valence-electron chi connectivity index (χ3n) is 3.18. The van der Waals surface area contributed by atoms with Gasteiger partial charge in [0, 0.05) is 18.4 Å². The van der Waals surface area contributed by atoms with Gasteiger partial charge in [0.15, 0.2) is 6.61 Å². The minimum atomic E-state index is -0.123. The molecule has 0 spiro atoms. The van der Waals surface area contributed by atoms with Crippen molar-refractivity contribution in [2.24, 2.45) is 0 Å². The molecule has 20 heavy (non-hydrogen) atoms. The van der Waals surface area contributed by atoms with Gasteiger partial charge in [-0.25, -0.2) is 0 Å². The topological polar surface area (TPSA) is 63.2 Å². The number of fused-ring (bicyclic) bond motifs is 1. The number of benzene rings is 1. The number of nitrogens with one attached hydrogen (secondary N) is 2. The zero-order valence-corrected chi connectivity index (χ0v) is 11.1. The monoisotopic (exact) mass is 269 g/mol. The maximum absolute atomic E-state index is 11.3. The van der Waals surface area contributed by atoms with Gasteiger partial charge in [-0.1, -0.05) is 6.07 Å². The Hall–Kier alpha value is -2.56. The molecule has 1 aliphatic heterocycles. The van der Waals surface area contributed by atoms with E-state index in [0.717, 1.165) is 16.9 Å². The summed E-state index contributed by atoms with van der Waals surface area (Å²) in [6, 6.07) is 9.75. The number of carbonyl (C=O) groups excluding carboxylic acids is 1. The maximum atomic E-state index is 11.3. The van der Waals surface area contributed by atoms with Crippen LogP contribution in [-0.4, -0.2) is 17.5 Å². The van der Waals surface area contributed by atoms with Gasteiger partial charge in [-0.2, -0.15) is 0 Å². The zero-order chi connectivity index (χ0) is 13.9. The van der Waals surface area contributed by atoms with Crippen molar-refractivity contribution in [3.63, 3.8) is 0 Å². The van der Waals surface area contributed by atoms with E-state index in [1.165, 1.54) is 0 Å². The summed E-state index contributed by atoms with van der Waals surface area (Å²) in [7, 11) is 0. The molecule has 0 saturated carbocycles. The molecule has 5 heteroatoms. The molecule has 0 radical (unpaired) electrons.